The monoisotopic (exact) mass is 233 g/mol. The van der Waals surface area contributed by atoms with Gasteiger partial charge in [0.1, 0.15) is 0 Å². The molecule has 0 N–H and O–H groups in total. The Morgan fingerprint density at radius 3 is 2.57 bits per heavy atom. The molecule has 6 heteroatoms. The molecule has 74 valence electrons. The fraction of sp³-hybridized carbons (Fsp3) is 0.125. The van der Waals surface area contributed by atoms with Crippen LogP contribution in [0, 0.1) is 10.1 Å². The highest BCUT2D eigenvalue weighted by atomic mass is 35.5. The molecule has 0 aromatic heterocycles. The Kier molecular flexibility index (Phi) is 3.43. The molecule has 1 aromatic rings. The highest BCUT2D eigenvalue weighted by Crippen LogP contribution is 2.20. The lowest BCUT2D eigenvalue weighted by Gasteiger charge is -2.01. The van der Waals surface area contributed by atoms with Gasteiger partial charge in [-0.05, 0) is 17.2 Å². The Morgan fingerprint density at radius 1 is 1.50 bits per heavy atom. The molecule has 0 aliphatic heterocycles. The Labute approximate surface area is 89.6 Å². The number of nitro benzene ring substituents is 1. The second-order valence-electron chi connectivity index (χ2n) is 2.51. The molecule has 0 spiro atoms. The Bertz CT molecular complexity index is 392. The van der Waals surface area contributed by atoms with Gasteiger partial charge in [-0.1, -0.05) is 6.07 Å². The quantitative estimate of drug-likeness (QED) is 0.349. The number of hydrogen-bond acceptors (Lipinski definition) is 3. The number of alkyl halides is 1. The summed E-state index contributed by atoms with van der Waals surface area (Å²) in [6, 6.07) is 3.81. The number of non-ortho nitro benzene ring substituents is 1. The van der Waals surface area contributed by atoms with Crippen LogP contribution in [0.1, 0.15) is 15.9 Å². The zero-order valence-electron chi connectivity index (χ0n) is 6.87. The van der Waals surface area contributed by atoms with Gasteiger partial charge in [-0.15, -0.1) is 11.6 Å². The van der Waals surface area contributed by atoms with Crippen molar-refractivity contribution in [2.24, 2.45) is 0 Å². The van der Waals surface area contributed by atoms with Crippen LogP contribution < -0.4 is 0 Å². The third-order valence-corrected chi connectivity index (χ3v) is 2.15. The van der Waals surface area contributed by atoms with Crippen LogP contribution in [0.2, 0.25) is 0 Å². The van der Waals surface area contributed by atoms with Crippen LogP contribution in [0.4, 0.5) is 5.69 Å². The van der Waals surface area contributed by atoms with E-state index in [0.717, 1.165) is 6.07 Å². The van der Waals surface area contributed by atoms with Gasteiger partial charge in [-0.2, -0.15) is 0 Å². The maximum absolute atomic E-state index is 10.9. The largest absolute Gasteiger partial charge is 0.276 e. The van der Waals surface area contributed by atoms with Gasteiger partial charge in [-0.3, -0.25) is 14.9 Å². The van der Waals surface area contributed by atoms with Gasteiger partial charge in [0.15, 0.2) is 0 Å². The smallest absolute Gasteiger partial charge is 0.270 e. The molecular weight excluding hydrogens is 229 g/mol. The van der Waals surface area contributed by atoms with Crippen LogP contribution in [-0.2, 0) is 5.88 Å². The molecule has 0 bridgehead atoms. The first kappa shape index (κ1) is 10.9. The number of benzene rings is 1. The number of nitrogens with zero attached hydrogens (tertiary/aromatic N) is 1. The Balaban J connectivity index is 3.27. The summed E-state index contributed by atoms with van der Waals surface area (Å²) >= 11 is 10.8. The van der Waals surface area contributed by atoms with Crippen molar-refractivity contribution >= 4 is 34.1 Å². The number of halogens is 2. The number of carbonyl (C=O) groups excluding carboxylic acids is 1. The molecule has 0 atom stereocenters. The first-order chi connectivity index (χ1) is 6.56. The summed E-state index contributed by atoms with van der Waals surface area (Å²) in [5, 5.41) is 9.65. The molecule has 0 amide bonds. The summed E-state index contributed by atoms with van der Waals surface area (Å²) in [4.78, 5) is 20.7. The maximum Gasteiger partial charge on any atom is 0.270 e. The molecule has 0 radical (unpaired) electrons. The van der Waals surface area contributed by atoms with E-state index < -0.39 is 10.2 Å². The second kappa shape index (κ2) is 4.39. The number of hydrogen-bond donors (Lipinski definition) is 0. The minimum Gasteiger partial charge on any atom is -0.276 e. The fourth-order valence-corrected chi connectivity index (χ4v) is 1.39. The van der Waals surface area contributed by atoms with Crippen molar-refractivity contribution in [3.05, 3.63) is 39.4 Å². The van der Waals surface area contributed by atoms with E-state index in [1.165, 1.54) is 12.1 Å². The fourth-order valence-electron chi connectivity index (χ4n) is 0.978. The molecule has 0 saturated carbocycles. The summed E-state index contributed by atoms with van der Waals surface area (Å²) in [5.74, 6) is 0.0891. The summed E-state index contributed by atoms with van der Waals surface area (Å²) in [6.07, 6.45) is 0. The lowest BCUT2D eigenvalue weighted by atomic mass is 10.1. The van der Waals surface area contributed by atoms with Gasteiger partial charge in [0.05, 0.1) is 4.92 Å². The minimum atomic E-state index is -0.746. The van der Waals surface area contributed by atoms with Crippen LogP contribution in [0.5, 0.6) is 0 Å². The van der Waals surface area contributed by atoms with Crippen molar-refractivity contribution in [3.8, 4) is 0 Å². The lowest BCUT2D eigenvalue weighted by molar-refractivity contribution is -0.384. The van der Waals surface area contributed by atoms with Gasteiger partial charge < -0.3 is 0 Å². The zero-order valence-corrected chi connectivity index (χ0v) is 8.38. The zero-order chi connectivity index (χ0) is 10.7. The number of nitro groups is 1. The first-order valence-electron chi connectivity index (χ1n) is 3.59. The van der Waals surface area contributed by atoms with Gasteiger partial charge >= 0.3 is 0 Å². The van der Waals surface area contributed by atoms with Gasteiger partial charge in [0.2, 0.25) is 0 Å². The van der Waals surface area contributed by atoms with Crippen molar-refractivity contribution in [1.29, 1.82) is 0 Å². The van der Waals surface area contributed by atoms with Crippen molar-refractivity contribution < 1.29 is 9.72 Å². The Morgan fingerprint density at radius 2 is 2.14 bits per heavy atom. The van der Waals surface area contributed by atoms with Crippen LogP contribution in [0.25, 0.3) is 0 Å². The van der Waals surface area contributed by atoms with E-state index in [1.807, 2.05) is 0 Å². The molecule has 0 saturated heterocycles. The van der Waals surface area contributed by atoms with Crippen LogP contribution in [0.15, 0.2) is 18.2 Å². The molecule has 0 aliphatic rings. The second-order valence-corrected chi connectivity index (χ2v) is 3.12. The third kappa shape index (κ3) is 2.21. The molecule has 1 rings (SSSR count). The minimum absolute atomic E-state index is 0.0795. The van der Waals surface area contributed by atoms with Gasteiger partial charge in [0, 0.05) is 23.6 Å². The van der Waals surface area contributed by atoms with Gasteiger partial charge in [-0.25, -0.2) is 0 Å². The van der Waals surface area contributed by atoms with Crippen LogP contribution >= 0.6 is 23.2 Å². The number of carbonyl (C=O) groups is 1. The number of rotatable bonds is 3. The van der Waals surface area contributed by atoms with Crippen LogP contribution in [0.3, 0.4) is 0 Å². The summed E-state index contributed by atoms with van der Waals surface area (Å²) in [7, 11) is 0. The molecule has 0 aliphatic carbocycles. The van der Waals surface area contributed by atoms with Crippen molar-refractivity contribution in [2.75, 3.05) is 0 Å². The van der Waals surface area contributed by atoms with Crippen molar-refractivity contribution in [2.45, 2.75) is 5.88 Å². The maximum atomic E-state index is 10.9. The van der Waals surface area contributed by atoms with Gasteiger partial charge in [0.25, 0.3) is 10.9 Å². The normalized spacial score (nSPS) is 9.86. The molecule has 0 heterocycles. The van der Waals surface area contributed by atoms with Crippen LogP contribution in [-0.4, -0.2) is 10.2 Å². The highest BCUT2D eigenvalue weighted by Gasteiger charge is 2.14. The third-order valence-electron chi connectivity index (χ3n) is 1.66. The van der Waals surface area contributed by atoms with E-state index in [1.54, 1.807) is 0 Å². The molecular formula is C8H5Cl2NO3. The summed E-state index contributed by atoms with van der Waals surface area (Å²) in [6.45, 7) is 0. The average molecular weight is 234 g/mol. The van der Waals surface area contributed by atoms with Crippen molar-refractivity contribution in [1.82, 2.24) is 0 Å². The average Bonchev–Trinajstić information content (AvgIpc) is 2.16. The molecule has 4 nitrogen and oxygen atoms in total. The molecule has 1 aromatic carbocycles. The summed E-state index contributed by atoms with van der Waals surface area (Å²) < 4.78 is 0. The van der Waals surface area contributed by atoms with E-state index in [4.69, 9.17) is 23.2 Å². The SMILES string of the molecule is O=C(Cl)c1cc([N+](=O)[O-])ccc1CCl. The van der Waals surface area contributed by atoms with E-state index in [-0.39, 0.29) is 17.1 Å². The van der Waals surface area contributed by atoms with E-state index in [0.29, 0.717) is 5.56 Å². The highest BCUT2D eigenvalue weighted by molar-refractivity contribution is 6.68. The lowest BCUT2D eigenvalue weighted by Crippen LogP contribution is -1.98. The van der Waals surface area contributed by atoms with Crippen molar-refractivity contribution in [3.63, 3.8) is 0 Å². The van der Waals surface area contributed by atoms with E-state index in [9.17, 15) is 14.9 Å². The standard InChI is InChI=1S/C8H5Cl2NO3/c9-4-5-1-2-6(11(13)14)3-7(5)8(10)12/h1-3H,4H2. The predicted molar refractivity (Wildman–Crippen MR) is 52.8 cm³/mol. The predicted octanol–water partition coefficient (Wildman–Crippen LogP) is 2.71. The Hall–Kier alpha value is -1.13. The molecule has 14 heavy (non-hydrogen) atoms. The molecule has 0 fully saturated rings. The summed E-state index contributed by atoms with van der Waals surface area (Å²) in [5.41, 5.74) is 0.385. The first-order valence-corrected chi connectivity index (χ1v) is 4.50. The van der Waals surface area contributed by atoms with E-state index >= 15 is 0 Å². The van der Waals surface area contributed by atoms with E-state index in [2.05, 4.69) is 0 Å². The molecule has 0 unspecified atom stereocenters. The topological polar surface area (TPSA) is 60.2 Å².